The summed E-state index contributed by atoms with van der Waals surface area (Å²) in [6.07, 6.45) is 7.37. The van der Waals surface area contributed by atoms with E-state index in [1.807, 2.05) is 18.2 Å². The zero-order valence-corrected chi connectivity index (χ0v) is 18.2. The Morgan fingerprint density at radius 3 is 2.25 bits per heavy atom. The highest BCUT2D eigenvalue weighted by atomic mass is 127. The smallest absolute Gasteiger partial charge is 0.309 e. The maximum absolute atomic E-state index is 12.3. The molecule has 5 nitrogen and oxygen atoms in total. The lowest BCUT2D eigenvalue weighted by Gasteiger charge is -2.46. The molecule has 0 radical (unpaired) electrons. The number of alkyl halides is 1. The molecule has 2 atom stereocenters. The lowest BCUT2D eigenvalue weighted by molar-refractivity contribution is -0.140. The zero-order valence-electron chi connectivity index (χ0n) is 14.5. The van der Waals surface area contributed by atoms with Gasteiger partial charge in [0.05, 0.1) is 9.97 Å². The van der Waals surface area contributed by atoms with Crippen LogP contribution in [0.1, 0.15) is 40.5 Å². The van der Waals surface area contributed by atoms with Crippen molar-refractivity contribution in [3.63, 3.8) is 0 Å². The predicted molar refractivity (Wildman–Crippen MR) is 108 cm³/mol. The molecule has 0 saturated carbocycles. The van der Waals surface area contributed by atoms with Gasteiger partial charge in [0.15, 0.2) is 0 Å². The molecule has 7 heteroatoms. The SMILES string of the molecule is CC1(C)CC(NC(=O)C(=O)NC2C=CC(Br)=CC2I)CC(C)(C)N1. The van der Waals surface area contributed by atoms with Gasteiger partial charge in [-0.2, -0.15) is 0 Å². The highest BCUT2D eigenvalue weighted by molar-refractivity contribution is 14.1. The van der Waals surface area contributed by atoms with Crippen LogP contribution < -0.4 is 16.0 Å². The molecule has 0 aromatic heterocycles. The molecular formula is C17H25BrIN3O2. The van der Waals surface area contributed by atoms with Gasteiger partial charge < -0.3 is 16.0 Å². The molecule has 134 valence electrons. The first-order valence-electron chi connectivity index (χ1n) is 8.08. The van der Waals surface area contributed by atoms with Crippen molar-refractivity contribution in [1.82, 2.24) is 16.0 Å². The van der Waals surface area contributed by atoms with E-state index in [9.17, 15) is 9.59 Å². The van der Waals surface area contributed by atoms with Gasteiger partial charge in [-0.1, -0.05) is 56.7 Å². The summed E-state index contributed by atoms with van der Waals surface area (Å²) in [5, 5.41) is 9.26. The number of allylic oxidation sites excluding steroid dienone is 2. The Morgan fingerprint density at radius 2 is 1.71 bits per heavy atom. The number of nitrogens with one attached hydrogen (secondary N) is 3. The van der Waals surface area contributed by atoms with Crippen molar-refractivity contribution in [1.29, 1.82) is 0 Å². The molecule has 2 aliphatic rings. The normalized spacial score (nSPS) is 28.8. The largest absolute Gasteiger partial charge is 0.345 e. The van der Waals surface area contributed by atoms with E-state index >= 15 is 0 Å². The van der Waals surface area contributed by atoms with Crippen molar-refractivity contribution in [2.24, 2.45) is 0 Å². The Bertz CT molecular complexity index is 570. The Morgan fingerprint density at radius 1 is 1.17 bits per heavy atom. The summed E-state index contributed by atoms with van der Waals surface area (Å²) in [5.41, 5.74) is -0.153. The van der Waals surface area contributed by atoms with Crippen molar-refractivity contribution in [2.45, 2.75) is 67.6 Å². The molecule has 1 aliphatic heterocycles. The van der Waals surface area contributed by atoms with E-state index in [2.05, 4.69) is 82.2 Å². The van der Waals surface area contributed by atoms with E-state index in [4.69, 9.17) is 0 Å². The summed E-state index contributed by atoms with van der Waals surface area (Å²) in [5.74, 6) is -1.13. The first-order valence-corrected chi connectivity index (χ1v) is 10.1. The fourth-order valence-electron chi connectivity index (χ4n) is 3.63. The lowest BCUT2D eigenvalue weighted by atomic mass is 9.79. The minimum atomic E-state index is -0.577. The van der Waals surface area contributed by atoms with Crippen LogP contribution in [-0.2, 0) is 9.59 Å². The average molecular weight is 510 g/mol. The average Bonchev–Trinajstić information content (AvgIpc) is 2.38. The van der Waals surface area contributed by atoms with E-state index in [1.54, 1.807) is 0 Å². The third-order valence-electron chi connectivity index (χ3n) is 4.15. The molecule has 1 heterocycles. The topological polar surface area (TPSA) is 70.2 Å². The summed E-state index contributed by atoms with van der Waals surface area (Å²) in [6, 6.07) is -0.188. The zero-order chi connectivity index (χ0) is 18.1. The van der Waals surface area contributed by atoms with Gasteiger partial charge in [-0.3, -0.25) is 9.59 Å². The van der Waals surface area contributed by atoms with E-state index in [0.29, 0.717) is 0 Å². The van der Waals surface area contributed by atoms with Gasteiger partial charge in [0.25, 0.3) is 0 Å². The second-order valence-corrected chi connectivity index (χ2v) is 10.2. The quantitative estimate of drug-likeness (QED) is 0.304. The molecule has 3 N–H and O–H groups in total. The molecule has 0 aromatic rings. The van der Waals surface area contributed by atoms with E-state index in [-0.39, 0.29) is 27.1 Å². The van der Waals surface area contributed by atoms with Crippen molar-refractivity contribution < 1.29 is 9.59 Å². The van der Waals surface area contributed by atoms with Gasteiger partial charge in [-0.15, -0.1) is 0 Å². The van der Waals surface area contributed by atoms with E-state index < -0.39 is 11.8 Å². The Hall–Kier alpha value is -0.410. The van der Waals surface area contributed by atoms with Gasteiger partial charge in [-0.25, -0.2) is 0 Å². The summed E-state index contributed by atoms with van der Waals surface area (Å²) in [6.45, 7) is 8.46. The van der Waals surface area contributed by atoms with Crippen molar-refractivity contribution >= 4 is 50.3 Å². The van der Waals surface area contributed by atoms with Crippen LogP contribution >= 0.6 is 38.5 Å². The van der Waals surface area contributed by atoms with Crippen LogP contribution in [0.2, 0.25) is 0 Å². The second-order valence-electron chi connectivity index (χ2n) is 7.83. The number of rotatable bonds is 2. The molecule has 0 bridgehead atoms. The Labute approximate surface area is 165 Å². The number of halogens is 2. The molecule has 1 fully saturated rings. The molecule has 24 heavy (non-hydrogen) atoms. The summed E-state index contributed by atoms with van der Waals surface area (Å²) < 4.78 is 1.09. The third-order valence-corrected chi connectivity index (χ3v) is 5.82. The fourth-order valence-corrected chi connectivity index (χ4v) is 5.37. The number of hydrogen-bond donors (Lipinski definition) is 3. The van der Waals surface area contributed by atoms with Crippen LogP contribution in [0.4, 0.5) is 0 Å². The maximum atomic E-state index is 12.3. The standard InChI is InChI=1S/C17H25BrIN3O2/c1-16(2)8-11(9-17(3,4)22-16)20-14(23)15(24)21-13-6-5-10(18)7-12(13)19/h5-7,11-13,22H,8-9H2,1-4H3,(H,20,23)(H,21,24). The first-order chi connectivity index (χ1) is 11.0. The number of carbonyl (C=O) groups is 2. The van der Waals surface area contributed by atoms with Crippen molar-refractivity contribution in [3.05, 3.63) is 22.7 Å². The molecular weight excluding hydrogens is 485 g/mol. The molecule has 1 saturated heterocycles. The number of amides is 2. The number of carbonyl (C=O) groups excluding carboxylic acids is 2. The summed E-state index contributed by atoms with van der Waals surface area (Å²) >= 11 is 5.65. The number of hydrogen-bond acceptors (Lipinski definition) is 3. The Balaban J connectivity index is 1.92. The second kappa shape index (κ2) is 7.45. The lowest BCUT2D eigenvalue weighted by Crippen LogP contribution is -2.63. The molecule has 1 aliphatic carbocycles. The van der Waals surface area contributed by atoms with Crippen LogP contribution in [0, 0.1) is 0 Å². The van der Waals surface area contributed by atoms with Crippen LogP contribution in [0.15, 0.2) is 22.7 Å². The van der Waals surface area contributed by atoms with Crippen LogP contribution in [-0.4, -0.2) is 38.9 Å². The van der Waals surface area contributed by atoms with E-state index in [0.717, 1.165) is 17.3 Å². The van der Waals surface area contributed by atoms with Crippen LogP contribution in [0.3, 0.4) is 0 Å². The summed E-state index contributed by atoms with van der Waals surface area (Å²) in [7, 11) is 0. The van der Waals surface area contributed by atoms with Gasteiger partial charge in [0, 0.05) is 21.6 Å². The molecule has 2 unspecified atom stereocenters. The molecule has 2 rings (SSSR count). The highest BCUT2D eigenvalue weighted by Crippen LogP contribution is 2.28. The van der Waals surface area contributed by atoms with Gasteiger partial charge >= 0.3 is 11.8 Å². The van der Waals surface area contributed by atoms with Crippen LogP contribution in [0.5, 0.6) is 0 Å². The minimum absolute atomic E-state index is 0.0131. The minimum Gasteiger partial charge on any atom is -0.345 e. The van der Waals surface area contributed by atoms with Gasteiger partial charge in [-0.05, 0) is 40.5 Å². The summed E-state index contributed by atoms with van der Waals surface area (Å²) in [4.78, 5) is 24.5. The molecule has 2 amide bonds. The third kappa shape index (κ3) is 5.56. The highest BCUT2D eigenvalue weighted by Gasteiger charge is 2.38. The number of piperidine rings is 1. The van der Waals surface area contributed by atoms with Crippen LogP contribution in [0.25, 0.3) is 0 Å². The first kappa shape index (κ1) is 19.9. The molecule has 0 aromatic carbocycles. The maximum Gasteiger partial charge on any atom is 0.309 e. The molecule has 0 spiro atoms. The predicted octanol–water partition coefficient (Wildman–Crippen LogP) is 2.55. The fraction of sp³-hybridized carbons (Fsp3) is 0.647. The van der Waals surface area contributed by atoms with Crippen molar-refractivity contribution in [3.8, 4) is 0 Å². The van der Waals surface area contributed by atoms with Crippen molar-refractivity contribution in [2.75, 3.05) is 0 Å². The monoisotopic (exact) mass is 509 g/mol. The Kier molecular flexibility index (Phi) is 6.18. The van der Waals surface area contributed by atoms with E-state index in [1.165, 1.54) is 0 Å². The van der Waals surface area contributed by atoms with Gasteiger partial charge in [0.2, 0.25) is 0 Å². The van der Waals surface area contributed by atoms with Gasteiger partial charge in [0.1, 0.15) is 0 Å².